The first-order valence-electron chi connectivity index (χ1n) is 9.62. The van der Waals surface area contributed by atoms with Crippen LogP contribution in [0.3, 0.4) is 0 Å². The predicted octanol–water partition coefficient (Wildman–Crippen LogP) is 4.34. The molecule has 8 nitrogen and oxygen atoms in total. The minimum Gasteiger partial charge on any atom is -0.393 e. The van der Waals surface area contributed by atoms with Gasteiger partial charge in [0.2, 0.25) is 5.95 Å². The Kier molecular flexibility index (Phi) is 6.56. The summed E-state index contributed by atoms with van der Waals surface area (Å²) >= 11 is 0. The number of hydrogen-bond donors (Lipinski definition) is 3. The fraction of sp³-hybridized carbons (Fsp3) is 0.333. The maximum Gasteiger partial charge on any atom is 0.270 e. The van der Waals surface area contributed by atoms with Crippen molar-refractivity contribution in [2.75, 3.05) is 5.32 Å². The van der Waals surface area contributed by atoms with E-state index in [1.165, 1.54) is 43.5 Å². The molecule has 1 aromatic heterocycles. The van der Waals surface area contributed by atoms with E-state index in [2.05, 4.69) is 15.3 Å². The highest BCUT2D eigenvalue weighted by Gasteiger charge is 2.13. The number of aromatic nitrogens is 2. The molecule has 0 aliphatic heterocycles. The molecule has 29 heavy (non-hydrogen) atoms. The third-order valence-corrected chi connectivity index (χ3v) is 4.76. The standard InChI is InChI=1S/C15H12N4O3.C6H12O/c1-9-5-6-12-13(7-9)17-15(16-12)18-14(20)10-3-2-4-11(8-10)19(21)22;7-6-4-2-1-3-5-6/h2-8H,1H3,(H2,16,17,18,20);6-7H,1-5H2. The number of fused-ring (bicyclic) bond motifs is 1. The molecule has 152 valence electrons. The molecular weight excluding hydrogens is 372 g/mol. The van der Waals surface area contributed by atoms with Gasteiger partial charge in [-0.05, 0) is 43.5 Å². The van der Waals surface area contributed by atoms with Crippen LogP contribution in [0.4, 0.5) is 11.6 Å². The summed E-state index contributed by atoms with van der Waals surface area (Å²) in [5.74, 6) is -0.156. The average Bonchev–Trinajstić information content (AvgIpc) is 3.10. The molecule has 3 aromatic rings. The number of aliphatic hydroxyl groups excluding tert-OH is 1. The van der Waals surface area contributed by atoms with E-state index in [1.54, 1.807) is 0 Å². The Morgan fingerprint density at radius 3 is 2.62 bits per heavy atom. The monoisotopic (exact) mass is 396 g/mol. The summed E-state index contributed by atoms with van der Waals surface area (Å²) in [5.41, 5.74) is 2.70. The molecule has 1 fully saturated rings. The normalized spacial score (nSPS) is 14.1. The minimum atomic E-state index is -0.541. The van der Waals surface area contributed by atoms with Crippen LogP contribution >= 0.6 is 0 Å². The van der Waals surface area contributed by atoms with Crippen LogP contribution in [0.5, 0.6) is 0 Å². The van der Waals surface area contributed by atoms with Gasteiger partial charge in [-0.2, -0.15) is 0 Å². The summed E-state index contributed by atoms with van der Waals surface area (Å²) in [4.78, 5) is 29.6. The van der Waals surface area contributed by atoms with Gasteiger partial charge in [0.15, 0.2) is 0 Å². The largest absolute Gasteiger partial charge is 0.393 e. The van der Waals surface area contributed by atoms with Gasteiger partial charge in [0.1, 0.15) is 0 Å². The number of aryl methyl sites for hydroxylation is 1. The Balaban J connectivity index is 0.000000290. The van der Waals surface area contributed by atoms with Gasteiger partial charge in [-0.15, -0.1) is 0 Å². The zero-order valence-electron chi connectivity index (χ0n) is 16.2. The number of anilines is 1. The highest BCUT2D eigenvalue weighted by atomic mass is 16.6. The topological polar surface area (TPSA) is 121 Å². The number of carbonyl (C=O) groups excluding carboxylic acids is 1. The van der Waals surface area contributed by atoms with Crippen LogP contribution in [0.25, 0.3) is 11.0 Å². The van der Waals surface area contributed by atoms with E-state index in [4.69, 9.17) is 5.11 Å². The second-order valence-electron chi connectivity index (χ2n) is 7.16. The van der Waals surface area contributed by atoms with E-state index in [-0.39, 0.29) is 17.4 Å². The average molecular weight is 396 g/mol. The lowest BCUT2D eigenvalue weighted by atomic mass is 9.98. The molecule has 1 saturated carbocycles. The Hall–Kier alpha value is -3.26. The molecule has 0 bridgehead atoms. The highest BCUT2D eigenvalue weighted by molar-refractivity contribution is 6.04. The zero-order chi connectivity index (χ0) is 20.8. The zero-order valence-corrected chi connectivity index (χ0v) is 16.2. The number of nitro groups is 1. The first-order valence-corrected chi connectivity index (χ1v) is 9.62. The van der Waals surface area contributed by atoms with Crippen LogP contribution < -0.4 is 5.32 Å². The maximum absolute atomic E-state index is 12.1. The van der Waals surface area contributed by atoms with Gasteiger partial charge >= 0.3 is 0 Å². The Labute approximate surface area is 168 Å². The molecule has 4 rings (SSSR count). The third-order valence-electron chi connectivity index (χ3n) is 4.76. The first-order chi connectivity index (χ1) is 13.9. The van der Waals surface area contributed by atoms with E-state index < -0.39 is 10.8 Å². The molecule has 1 aliphatic carbocycles. The van der Waals surface area contributed by atoms with E-state index in [9.17, 15) is 14.9 Å². The van der Waals surface area contributed by atoms with Crippen molar-refractivity contribution in [1.29, 1.82) is 0 Å². The van der Waals surface area contributed by atoms with Crippen molar-refractivity contribution in [2.24, 2.45) is 0 Å². The molecule has 0 radical (unpaired) electrons. The third kappa shape index (κ3) is 5.61. The molecule has 8 heteroatoms. The first kappa shape index (κ1) is 20.5. The molecule has 0 atom stereocenters. The summed E-state index contributed by atoms with van der Waals surface area (Å²) in [5, 5.41) is 22.3. The smallest absolute Gasteiger partial charge is 0.270 e. The fourth-order valence-electron chi connectivity index (χ4n) is 3.20. The molecule has 3 N–H and O–H groups in total. The molecule has 1 heterocycles. The van der Waals surface area contributed by atoms with Crippen LogP contribution in [0.1, 0.15) is 48.0 Å². The van der Waals surface area contributed by atoms with Gasteiger partial charge in [-0.25, -0.2) is 4.98 Å². The van der Waals surface area contributed by atoms with Gasteiger partial charge < -0.3 is 10.1 Å². The van der Waals surface area contributed by atoms with Gasteiger partial charge in [0.05, 0.1) is 22.1 Å². The minimum absolute atomic E-state index is 0.0359. The molecular formula is C21H24N4O4. The molecule has 1 amide bonds. The molecule has 2 aromatic carbocycles. The number of aromatic amines is 1. The Bertz CT molecular complexity index is 1010. The quantitative estimate of drug-likeness (QED) is 0.449. The number of amides is 1. The number of imidazole rings is 1. The van der Waals surface area contributed by atoms with Crippen molar-refractivity contribution >= 4 is 28.6 Å². The summed E-state index contributed by atoms with van der Waals surface area (Å²) in [7, 11) is 0. The van der Waals surface area contributed by atoms with Crippen LogP contribution in [0.2, 0.25) is 0 Å². The highest BCUT2D eigenvalue weighted by Crippen LogP contribution is 2.18. The van der Waals surface area contributed by atoms with Crippen molar-refractivity contribution in [2.45, 2.75) is 45.1 Å². The SMILES string of the molecule is Cc1ccc2nc(NC(=O)c3cccc([N+](=O)[O-])c3)[nH]c2c1.OC1CCCCC1. The van der Waals surface area contributed by atoms with Gasteiger partial charge in [-0.3, -0.25) is 20.2 Å². The fourth-order valence-corrected chi connectivity index (χ4v) is 3.20. The van der Waals surface area contributed by atoms with E-state index in [0.29, 0.717) is 5.95 Å². The van der Waals surface area contributed by atoms with Crippen LogP contribution in [-0.2, 0) is 0 Å². The van der Waals surface area contributed by atoms with Gasteiger partial charge in [-0.1, -0.05) is 31.4 Å². The number of carbonyl (C=O) groups is 1. The van der Waals surface area contributed by atoms with Crippen molar-refractivity contribution in [3.63, 3.8) is 0 Å². The number of aliphatic hydroxyl groups is 1. The molecule has 0 unspecified atom stereocenters. The number of hydrogen-bond acceptors (Lipinski definition) is 5. The Morgan fingerprint density at radius 2 is 1.97 bits per heavy atom. The summed E-state index contributed by atoms with van der Waals surface area (Å²) in [6, 6.07) is 11.2. The van der Waals surface area contributed by atoms with Crippen molar-refractivity contribution in [3.8, 4) is 0 Å². The van der Waals surface area contributed by atoms with Crippen LogP contribution in [0.15, 0.2) is 42.5 Å². The van der Waals surface area contributed by atoms with E-state index in [1.807, 2.05) is 25.1 Å². The number of H-pyrrole nitrogens is 1. The summed E-state index contributed by atoms with van der Waals surface area (Å²) in [6.45, 7) is 1.96. The van der Waals surface area contributed by atoms with Gasteiger partial charge in [0, 0.05) is 17.7 Å². The maximum atomic E-state index is 12.1. The molecule has 1 aliphatic rings. The second kappa shape index (κ2) is 9.29. The molecule has 0 spiro atoms. The van der Waals surface area contributed by atoms with Crippen LogP contribution in [0, 0.1) is 17.0 Å². The predicted molar refractivity (Wildman–Crippen MR) is 111 cm³/mol. The lowest BCUT2D eigenvalue weighted by Gasteiger charge is -2.14. The Morgan fingerprint density at radius 1 is 1.21 bits per heavy atom. The van der Waals surface area contributed by atoms with E-state index >= 15 is 0 Å². The van der Waals surface area contributed by atoms with Gasteiger partial charge in [0.25, 0.3) is 11.6 Å². The lowest BCUT2D eigenvalue weighted by Crippen LogP contribution is -2.13. The van der Waals surface area contributed by atoms with Crippen LogP contribution in [-0.4, -0.2) is 32.0 Å². The number of benzene rings is 2. The number of nitrogens with zero attached hydrogens (tertiary/aromatic N) is 2. The van der Waals surface area contributed by atoms with Crippen molar-refractivity contribution < 1.29 is 14.8 Å². The van der Waals surface area contributed by atoms with E-state index in [0.717, 1.165) is 29.4 Å². The second-order valence-corrected chi connectivity index (χ2v) is 7.16. The van der Waals surface area contributed by atoms with Crippen molar-refractivity contribution in [3.05, 3.63) is 63.7 Å². The van der Waals surface area contributed by atoms with Crippen molar-refractivity contribution in [1.82, 2.24) is 9.97 Å². The number of rotatable bonds is 3. The molecule has 0 saturated heterocycles. The number of non-ortho nitro benzene ring substituents is 1. The number of nitro benzene ring substituents is 1. The number of nitrogens with one attached hydrogen (secondary N) is 2. The lowest BCUT2D eigenvalue weighted by molar-refractivity contribution is -0.384. The summed E-state index contributed by atoms with van der Waals surface area (Å²) in [6.07, 6.45) is 5.92. The summed E-state index contributed by atoms with van der Waals surface area (Å²) < 4.78 is 0.